The van der Waals surface area contributed by atoms with E-state index in [0.717, 1.165) is 13.1 Å². The monoisotopic (exact) mass is 345 g/mol. The molecule has 0 saturated heterocycles. The van der Waals surface area contributed by atoms with E-state index in [4.69, 9.17) is 0 Å². The van der Waals surface area contributed by atoms with Gasteiger partial charge in [-0.05, 0) is 30.8 Å². The largest absolute Gasteiger partial charge is 0.505 e. The molecule has 1 heterocycles. The SMILES string of the molecule is c1ccc([P-]CCNC2CCCC[C@H]2NCc2cccs2)cc1. The summed E-state index contributed by atoms with van der Waals surface area (Å²) in [6.07, 6.45) is 6.54. The zero-order chi connectivity index (χ0) is 15.7. The third kappa shape index (κ3) is 5.69. The van der Waals surface area contributed by atoms with E-state index in [-0.39, 0.29) is 0 Å². The van der Waals surface area contributed by atoms with Gasteiger partial charge in [0.15, 0.2) is 0 Å². The first kappa shape index (κ1) is 17.1. The zero-order valence-electron chi connectivity index (χ0n) is 13.6. The van der Waals surface area contributed by atoms with E-state index in [1.165, 1.54) is 50.6 Å². The normalized spacial score (nSPS) is 21.9. The third-order valence-corrected chi connectivity index (χ3v) is 6.44. The number of nitrogens with one attached hydrogen (secondary N) is 2. The second-order valence-electron chi connectivity index (χ2n) is 6.13. The van der Waals surface area contributed by atoms with Crippen LogP contribution in [0.3, 0.4) is 0 Å². The van der Waals surface area contributed by atoms with E-state index in [1.807, 2.05) is 11.3 Å². The maximum Gasteiger partial charge on any atom is 0.0302 e. The molecule has 1 aliphatic rings. The van der Waals surface area contributed by atoms with E-state index in [2.05, 4.69) is 58.5 Å². The van der Waals surface area contributed by atoms with Gasteiger partial charge >= 0.3 is 0 Å². The predicted molar refractivity (Wildman–Crippen MR) is 103 cm³/mol. The maximum atomic E-state index is 3.81. The van der Waals surface area contributed by atoms with Crippen LogP contribution in [0.25, 0.3) is 0 Å². The lowest BCUT2D eigenvalue weighted by Gasteiger charge is -2.34. The molecule has 0 amide bonds. The van der Waals surface area contributed by atoms with Crippen molar-refractivity contribution in [1.29, 1.82) is 0 Å². The lowest BCUT2D eigenvalue weighted by atomic mass is 9.90. The summed E-state index contributed by atoms with van der Waals surface area (Å²) >= 11 is 1.85. The van der Waals surface area contributed by atoms with Crippen LogP contribution in [0, 0.1) is 0 Å². The molecule has 2 aromatic rings. The van der Waals surface area contributed by atoms with Gasteiger partial charge < -0.3 is 19.2 Å². The molecule has 0 spiro atoms. The zero-order valence-corrected chi connectivity index (χ0v) is 15.3. The second kappa shape index (κ2) is 9.54. The quantitative estimate of drug-likeness (QED) is 0.558. The molecule has 1 aromatic heterocycles. The van der Waals surface area contributed by atoms with Gasteiger partial charge in [0, 0.05) is 23.5 Å². The lowest BCUT2D eigenvalue weighted by molar-refractivity contribution is 0.287. The fourth-order valence-corrected chi connectivity index (χ4v) is 4.77. The molecule has 0 aliphatic heterocycles. The highest BCUT2D eigenvalue weighted by molar-refractivity contribution is 7.47. The summed E-state index contributed by atoms with van der Waals surface area (Å²) in [4.78, 5) is 1.44. The van der Waals surface area contributed by atoms with Gasteiger partial charge in [-0.15, -0.1) is 11.3 Å². The number of thiophene rings is 1. The molecule has 23 heavy (non-hydrogen) atoms. The average molecular weight is 345 g/mol. The van der Waals surface area contributed by atoms with Crippen molar-refractivity contribution in [3.63, 3.8) is 0 Å². The fourth-order valence-electron chi connectivity index (χ4n) is 3.23. The number of hydrogen-bond acceptors (Lipinski definition) is 3. The summed E-state index contributed by atoms with van der Waals surface area (Å²) in [6.45, 7) is 2.13. The Morgan fingerprint density at radius 2 is 1.74 bits per heavy atom. The van der Waals surface area contributed by atoms with Crippen LogP contribution >= 0.6 is 19.9 Å². The molecule has 1 unspecified atom stereocenters. The topological polar surface area (TPSA) is 24.1 Å². The molecule has 0 radical (unpaired) electrons. The van der Waals surface area contributed by atoms with Crippen LogP contribution in [-0.2, 0) is 6.54 Å². The van der Waals surface area contributed by atoms with Gasteiger partial charge in [0.05, 0.1) is 0 Å². The van der Waals surface area contributed by atoms with Gasteiger partial charge in [-0.3, -0.25) is 0 Å². The lowest BCUT2D eigenvalue weighted by Crippen LogP contribution is -2.50. The smallest absolute Gasteiger partial charge is 0.0302 e. The molecule has 2 nitrogen and oxygen atoms in total. The molecule has 1 fully saturated rings. The van der Waals surface area contributed by atoms with Gasteiger partial charge in [-0.25, -0.2) is 5.30 Å². The Labute approximate surface area is 145 Å². The van der Waals surface area contributed by atoms with Crippen molar-refractivity contribution in [2.45, 2.75) is 44.3 Å². The van der Waals surface area contributed by atoms with Crippen molar-refractivity contribution >= 4 is 25.2 Å². The maximum absolute atomic E-state index is 3.81. The number of rotatable bonds is 8. The average Bonchev–Trinajstić information content (AvgIpc) is 3.12. The van der Waals surface area contributed by atoms with Crippen LogP contribution in [0.5, 0.6) is 0 Å². The first-order valence-corrected chi connectivity index (χ1v) is 10.6. The van der Waals surface area contributed by atoms with Crippen LogP contribution in [0.1, 0.15) is 30.6 Å². The molecule has 124 valence electrons. The van der Waals surface area contributed by atoms with Crippen molar-refractivity contribution in [3.05, 3.63) is 52.7 Å². The first-order chi connectivity index (χ1) is 11.4. The van der Waals surface area contributed by atoms with E-state index in [9.17, 15) is 0 Å². The summed E-state index contributed by atoms with van der Waals surface area (Å²) in [5.41, 5.74) is 0. The van der Waals surface area contributed by atoms with Gasteiger partial charge in [-0.2, -0.15) is 6.16 Å². The molecular formula is C19H26N2PS-. The highest BCUT2D eigenvalue weighted by Gasteiger charge is 2.23. The molecular weight excluding hydrogens is 319 g/mol. The van der Waals surface area contributed by atoms with Crippen molar-refractivity contribution in [1.82, 2.24) is 10.6 Å². The predicted octanol–water partition coefficient (Wildman–Crippen LogP) is 4.01. The number of hydrogen-bond donors (Lipinski definition) is 2. The van der Waals surface area contributed by atoms with Crippen molar-refractivity contribution in [2.75, 3.05) is 12.7 Å². The van der Waals surface area contributed by atoms with Crippen LogP contribution in [0.4, 0.5) is 0 Å². The van der Waals surface area contributed by atoms with Crippen molar-refractivity contribution in [3.8, 4) is 0 Å². The Kier molecular flexibility index (Phi) is 7.09. The van der Waals surface area contributed by atoms with E-state index >= 15 is 0 Å². The van der Waals surface area contributed by atoms with Crippen LogP contribution < -0.4 is 15.9 Å². The molecule has 4 heteroatoms. The minimum atomic E-state index is 0.624. The van der Waals surface area contributed by atoms with Gasteiger partial charge in [0.1, 0.15) is 0 Å². The minimum Gasteiger partial charge on any atom is -0.505 e. The first-order valence-electron chi connectivity index (χ1n) is 8.63. The summed E-state index contributed by atoms with van der Waals surface area (Å²) < 4.78 is 0. The Bertz CT molecular complexity index is 544. The van der Waals surface area contributed by atoms with Crippen LogP contribution in [-0.4, -0.2) is 24.8 Å². The van der Waals surface area contributed by atoms with Crippen molar-refractivity contribution < 1.29 is 0 Å². The Balaban J connectivity index is 1.39. The molecule has 2 atom stereocenters. The third-order valence-electron chi connectivity index (χ3n) is 4.45. The summed E-state index contributed by atoms with van der Waals surface area (Å²) in [7, 11) is 1.43. The van der Waals surface area contributed by atoms with Crippen molar-refractivity contribution in [2.24, 2.45) is 0 Å². The number of benzene rings is 1. The Hall–Kier alpha value is -0.730. The highest BCUT2D eigenvalue weighted by Crippen LogP contribution is 2.20. The summed E-state index contributed by atoms with van der Waals surface area (Å²) in [5, 5.41) is 11.2. The minimum absolute atomic E-state index is 0.624. The molecule has 1 aromatic carbocycles. The van der Waals surface area contributed by atoms with Crippen LogP contribution in [0.2, 0.25) is 0 Å². The highest BCUT2D eigenvalue weighted by atomic mass is 32.1. The Morgan fingerprint density at radius 1 is 0.957 bits per heavy atom. The van der Waals surface area contributed by atoms with Gasteiger partial charge in [0.2, 0.25) is 0 Å². The molecule has 2 N–H and O–H groups in total. The Morgan fingerprint density at radius 3 is 2.48 bits per heavy atom. The standard InChI is InChI=1S/C19H26N2PS/c1-2-7-16(8-3-1)22-13-12-20-18-10-4-5-11-19(18)21-15-17-9-6-14-23-17/h1-3,6-9,14,18-21H,4-5,10-13,15H2/q-1/t18?,19-/m1/s1. The summed E-state index contributed by atoms with van der Waals surface area (Å²) in [5.74, 6) is 0. The second-order valence-corrected chi connectivity index (χ2v) is 8.44. The summed E-state index contributed by atoms with van der Waals surface area (Å²) in [6, 6.07) is 16.4. The van der Waals surface area contributed by atoms with Crippen LogP contribution in [0.15, 0.2) is 47.8 Å². The van der Waals surface area contributed by atoms with Gasteiger partial charge in [0.25, 0.3) is 0 Å². The molecule has 0 bridgehead atoms. The molecule has 1 saturated carbocycles. The molecule has 1 aliphatic carbocycles. The van der Waals surface area contributed by atoms with Gasteiger partial charge in [-0.1, -0.05) is 49.2 Å². The van der Waals surface area contributed by atoms with E-state index < -0.39 is 0 Å². The molecule has 3 rings (SSSR count). The van der Waals surface area contributed by atoms with E-state index in [0.29, 0.717) is 12.1 Å². The fraction of sp³-hybridized carbons (Fsp3) is 0.474. The van der Waals surface area contributed by atoms with E-state index in [1.54, 1.807) is 0 Å².